The number of benzene rings is 2. The second kappa shape index (κ2) is 7.15. The molecule has 0 saturated heterocycles. The van der Waals surface area contributed by atoms with Crippen LogP contribution in [0.2, 0.25) is 0 Å². The predicted octanol–water partition coefficient (Wildman–Crippen LogP) is 3.56. The highest BCUT2D eigenvalue weighted by atomic mass is 32.2. The number of halogens is 1. The van der Waals surface area contributed by atoms with E-state index in [4.69, 9.17) is 5.26 Å². The molecule has 2 N–H and O–H groups in total. The SMILES string of the molecule is N#CCSCC(=O)Nc1ccc2nc(-c3cccc(F)c3)[nH]c2c1. The molecule has 0 spiro atoms. The third kappa shape index (κ3) is 3.73. The number of nitriles is 1. The fourth-order valence-electron chi connectivity index (χ4n) is 2.25. The fourth-order valence-corrected chi connectivity index (χ4v) is 2.70. The van der Waals surface area contributed by atoms with E-state index in [1.54, 1.807) is 30.3 Å². The van der Waals surface area contributed by atoms with E-state index < -0.39 is 0 Å². The molecule has 0 aliphatic heterocycles. The molecule has 1 aromatic heterocycles. The quantitative estimate of drug-likeness (QED) is 0.696. The highest BCUT2D eigenvalue weighted by Gasteiger charge is 2.08. The summed E-state index contributed by atoms with van der Waals surface area (Å²) in [6.45, 7) is 0. The van der Waals surface area contributed by atoms with E-state index in [9.17, 15) is 9.18 Å². The van der Waals surface area contributed by atoms with Gasteiger partial charge in [0.05, 0.1) is 28.6 Å². The number of nitrogens with one attached hydrogen (secondary N) is 2. The number of H-pyrrole nitrogens is 1. The minimum Gasteiger partial charge on any atom is -0.338 e. The molecule has 0 unspecified atom stereocenters. The monoisotopic (exact) mass is 340 g/mol. The Morgan fingerprint density at radius 3 is 3.00 bits per heavy atom. The maximum absolute atomic E-state index is 13.3. The molecular weight excluding hydrogens is 327 g/mol. The van der Waals surface area contributed by atoms with Gasteiger partial charge in [-0.25, -0.2) is 9.37 Å². The van der Waals surface area contributed by atoms with Gasteiger partial charge < -0.3 is 10.3 Å². The van der Waals surface area contributed by atoms with Crippen molar-refractivity contribution in [2.45, 2.75) is 0 Å². The van der Waals surface area contributed by atoms with Crippen LogP contribution in [0.15, 0.2) is 42.5 Å². The van der Waals surface area contributed by atoms with Gasteiger partial charge in [0, 0.05) is 11.3 Å². The summed E-state index contributed by atoms with van der Waals surface area (Å²) >= 11 is 1.26. The summed E-state index contributed by atoms with van der Waals surface area (Å²) < 4.78 is 13.3. The van der Waals surface area contributed by atoms with Crippen LogP contribution in [0, 0.1) is 17.1 Å². The second-order valence-corrected chi connectivity index (χ2v) is 6.01. The van der Waals surface area contributed by atoms with Crippen molar-refractivity contribution in [1.29, 1.82) is 5.26 Å². The Morgan fingerprint density at radius 1 is 1.33 bits per heavy atom. The van der Waals surface area contributed by atoms with E-state index in [2.05, 4.69) is 15.3 Å². The summed E-state index contributed by atoms with van der Waals surface area (Å²) in [5.74, 6) is 0.584. The molecule has 3 aromatic rings. The average molecular weight is 340 g/mol. The Labute approximate surface area is 141 Å². The molecule has 3 rings (SSSR count). The molecule has 0 saturated carbocycles. The molecular formula is C17H13FN4OS. The van der Waals surface area contributed by atoms with Gasteiger partial charge in [0.25, 0.3) is 0 Å². The minimum atomic E-state index is -0.323. The van der Waals surface area contributed by atoms with Gasteiger partial charge >= 0.3 is 0 Å². The molecule has 2 aromatic carbocycles. The Balaban J connectivity index is 1.79. The first-order chi connectivity index (χ1) is 11.7. The molecule has 120 valence electrons. The van der Waals surface area contributed by atoms with Gasteiger partial charge in [-0.15, -0.1) is 11.8 Å². The van der Waals surface area contributed by atoms with Crippen molar-refractivity contribution in [3.8, 4) is 17.5 Å². The summed E-state index contributed by atoms with van der Waals surface area (Å²) in [5, 5.41) is 11.2. The Bertz CT molecular complexity index is 932. The van der Waals surface area contributed by atoms with Gasteiger partial charge in [-0.2, -0.15) is 5.26 Å². The molecule has 1 heterocycles. The number of hydrogen-bond donors (Lipinski definition) is 2. The van der Waals surface area contributed by atoms with Gasteiger partial charge in [0.2, 0.25) is 5.91 Å². The normalized spacial score (nSPS) is 10.5. The molecule has 5 nitrogen and oxygen atoms in total. The Morgan fingerprint density at radius 2 is 2.21 bits per heavy atom. The van der Waals surface area contributed by atoms with Crippen molar-refractivity contribution in [3.63, 3.8) is 0 Å². The first kappa shape index (κ1) is 16.0. The maximum Gasteiger partial charge on any atom is 0.234 e. The number of nitrogens with zero attached hydrogens (tertiary/aromatic N) is 2. The van der Waals surface area contributed by atoms with Gasteiger partial charge in [0.1, 0.15) is 11.6 Å². The molecule has 24 heavy (non-hydrogen) atoms. The number of amides is 1. The number of thioether (sulfide) groups is 1. The smallest absolute Gasteiger partial charge is 0.234 e. The topological polar surface area (TPSA) is 81.6 Å². The van der Waals surface area contributed by atoms with Crippen LogP contribution in [-0.2, 0) is 4.79 Å². The highest BCUT2D eigenvalue weighted by molar-refractivity contribution is 8.00. The van der Waals surface area contributed by atoms with Crippen molar-refractivity contribution in [2.24, 2.45) is 0 Å². The second-order valence-electron chi connectivity index (χ2n) is 5.03. The van der Waals surface area contributed by atoms with Crippen molar-refractivity contribution < 1.29 is 9.18 Å². The van der Waals surface area contributed by atoms with Crippen LogP contribution in [0.25, 0.3) is 22.4 Å². The summed E-state index contributed by atoms with van der Waals surface area (Å²) in [6, 6.07) is 13.5. The van der Waals surface area contributed by atoms with Crippen molar-refractivity contribution in [1.82, 2.24) is 9.97 Å². The number of aromatic nitrogens is 2. The van der Waals surface area contributed by atoms with Crippen LogP contribution in [0.3, 0.4) is 0 Å². The number of hydrogen-bond acceptors (Lipinski definition) is 4. The van der Waals surface area contributed by atoms with E-state index in [1.165, 1.54) is 23.9 Å². The zero-order valence-corrected chi connectivity index (χ0v) is 13.4. The average Bonchev–Trinajstić information content (AvgIpc) is 2.98. The number of fused-ring (bicyclic) bond motifs is 1. The lowest BCUT2D eigenvalue weighted by molar-refractivity contribution is -0.113. The molecule has 0 fully saturated rings. The lowest BCUT2D eigenvalue weighted by atomic mass is 10.2. The van der Waals surface area contributed by atoms with Gasteiger partial charge in [-0.05, 0) is 30.3 Å². The summed E-state index contributed by atoms with van der Waals surface area (Å²) in [5.41, 5.74) is 2.77. The molecule has 0 aliphatic carbocycles. The molecule has 1 amide bonds. The van der Waals surface area contributed by atoms with Crippen LogP contribution in [-0.4, -0.2) is 27.4 Å². The maximum atomic E-state index is 13.3. The van der Waals surface area contributed by atoms with Crippen molar-refractivity contribution in [2.75, 3.05) is 16.8 Å². The van der Waals surface area contributed by atoms with Crippen LogP contribution in [0.1, 0.15) is 0 Å². The number of carbonyl (C=O) groups excluding carboxylic acids is 1. The number of aromatic amines is 1. The van der Waals surface area contributed by atoms with Crippen molar-refractivity contribution >= 4 is 34.4 Å². The standard InChI is InChI=1S/C17H13FN4OS/c18-12-3-1-2-11(8-12)17-21-14-5-4-13(9-15(14)22-17)20-16(23)10-24-7-6-19/h1-5,8-9H,7,10H2,(H,20,23)(H,21,22). The third-order valence-corrected chi connectivity index (χ3v) is 4.06. The van der Waals surface area contributed by atoms with Gasteiger partial charge in [0.15, 0.2) is 0 Å². The van der Waals surface area contributed by atoms with E-state index >= 15 is 0 Å². The fraction of sp³-hybridized carbons (Fsp3) is 0.118. The molecule has 0 atom stereocenters. The zero-order valence-electron chi connectivity index (χ0n) is 12.5. The number of anilines is 1. The van der Waals surface area contributed by atoms with Gasteiger partial charge in [-0.3, -0.25) is 4.79 Å². The molecule has 7 heteroatoms. The molecule has 0 bridgehead atoms. The van der Waals surface area contributed by atoms with Crippen LogP contribution in [0.4, 0.5) is 10.1 Å². The van der Waals surface area contributed by atoms with E-state index in [-0.39, 0.29) is 23.2 Å². The van der Waals surface area contributed by atoms with Crippen LogP contribution >= 0.6 is 11.8 Å². The minimum absolute atomic E-state index is 0.167. The lowest BCUT2D eigenvalue weighted by Gasteiger charge is -2.03. The van der Waals surface area contributed by atoms with Crippen LogP contribution in [0.5, 0.6) is 0 Å². The molecule has 0 radical (unpaired) electrons. The van der Waals surface area contributed by atoms with Gasteiger partial charge in [-0.1, -0.05) is 12.1 Å². The Hall–Kier alpha value is -2.85. The summed E-state index contributed by atoms with van der Waals surface area (Å²) in [4.78, 5) is 19.3. The third-order valence-electron chi connectivity index (χ3n) is 3.26. The first-order valence-electron chi connectivity index (χ1n) is 7.16. The number of rotatable bonds is 5. The number of carbonyl (C=O) groups is 1. The Kier molecular flexibility index (Phi) is 4.77. The largest absolute Gasteiger partial charge is 0.338 e. The summed E-state index contributed by atoms with van der Waals surface area (Å²) in [7, 11) is 0. The predicted molar refractivity (Wildman–Crippen MR) is 93.1 cm³/mol. The zero-order chi connectivity index (χ0) is 16.9. The summed E-state index contributed by atoms with van der Waals surface area (Å²) in [6.07, 6.45) is 0. The van der Waals surface area contributed by atoms with Crippen molar-refractivity contribution in [3.05, 3.63) is 48.3 Å². The first-order valence-corrected chi connectivity index (χ1v) is 8.31. The highest BCUT2D eigenvalue weighted by Crippen LogP contribution is 2.23. The van der Waals surface area contributed by atoms with E-state index in [0.29, 0.717) is 17.1 Å². The van der Waals surface area contributed by atoms with Crippen LogP contribution < -0.4 is 5.32 Å². The van der Waals surface area contributed by atoms with E-state index in [0.717, 1.165) is 11.0 Å². The molecule has 0 aliphatic rings. The van der Waals surface area contributed by atoms with E-state index in [1.807, 2.05) is 6.07 Å². The number of imidazole rings is 1. The lowest BCUT2D eigenvalue weighted by Crippen LogP contribution is -2.14.